The van der Waals surface area contributed by atoms with E-state index in [1.807, 2.05) is 12.1 Å². The van der Waals surface area contributed by atoms with Crippen LogP contribution in [0.5, 0.6) is 5.88 Å². The van der Waals surface area contributed by atoms with Gasteiger partial charge in [0.2, 0.25) is 5.88 Å². The van der Waals surface area contributed by atoms with Crippen LogP contribution in [0.1, 0.15) is 5.56 Å². The van der Waals surface area contributed by atoms with Crippen LogP contribution in [-0.4, -0.2) is 12.1 Å². The van der Waals surface area contributed by atoms with Gasteiger partial charge in [-0.05, 0) is 29.8 Å². The molecule has 0 aliphatic rings. The topological polar surface area (TPSA) is 34.1 Å². The molecular weight excluding hydrogens is 299 g/mol. The first-order valence-corrected chi connectivity index (χ1v) is 6.15. The highest BCUT2D eigenvalue weighted by Crippen LogP contribution is 2.17. The molecule has 0 saturated heterocycles. The smallest absolute Gasteiger partial charge is 0.213 e. The molecular formula is C13H12BrFN2O. The van der Waals surface area contributed by atoms with Crippen LogP contribution >= 0.6 is 15.9 Å². The summed E-state index contributed by atoms with van der Waals surface area (Å²) in [5.41, 5.74) is 1.72. The quantitative estimate of drug-likeness (QED) is 0.937. The number of methoxy groups -OCH3 is 1. The predicted molar refractivity (Wildman–Crippen MR) is 72.2 cm³/mol. The van der Waals surface area contributed by atoms with Crippen molar-refractivity contribution in [2.24, 2.45) is 0 Å². The summed E-state index contributed by atoms with van der Waals surface area (Å²) >= 11 is 3.26. The Bertz CT molecular complexity index is 511. The number of hydrogen-bond acceptors (Lipinski definition) is 3. The maximum Gasteiger partial charge on any atom is 0.213 e. The number of nitrogens with zero attached hydrogens (tertiary/aromatic N) is 1. The van der Waals surface area contributed by atoms with Gasteiger partial charge in [0.15, 0.2) is 0 Å². The van der Waals surface area contributed by atoms with E-state index >= 15 is 0 Å². The Morgan fingerprint density at radius 1 is 1.33 bits per heavy atom. The third-order valence-corrected chi connectivity index (χ3v) is 2.82. The molecule has 0 atom stereocenters. The van der Waals surface area contributed by atoms with Crippen LogP contribution in [0.3, 0.4) is 0 Å². The number of anilines is 1. The second kappa shape index (κ2) is 5.82. The first-order chi connectivity index (χ1) is 8.67. The first kappa shape index (κ1) is 12.8. The molecule has 3 nitrogen and oxygen atoms in total. The number of rotatable bonds is 4. The van der Waals surface area contributed by atoms with E-state index in [4.69, 9.17) is 4.74 Å². The van der Waals surface area contributed by atoms with E-state index in [0.717, 1.165) is 15.7 Å². The Morgan fingerprint density at radius 3 is 2.78 bits per heavy atom. The van der Waals surface area contributed by atoms with Crippen molar-refractivity contribution < 1.29 is 9.13 Å². The van der Waals surface area contributed by atoms with Crippen LogP contribution in [0.2, 0.25) is 0 Å². The van der Waals surface area contributed by atoms with Crippen molar-refractivity contribution in [3.8, 4) is 5.88 Å². The lowest BCUT2D eigenvalue weighted by Gasteiger charge is -2.07. The highest BCUT2D eigenvalue weighted by molar-refractivity contribution is 9.10. The lowest BCUT2D eigenvalue weighted by molar-refractivity contribution is 0.398. The van der Waals surface area contributed by atoms with Gasteiger partial charge in [0.05, 0.1) is 19.0 Å². The summed E-state index contributed by atoms with van der Waals surface area (Å²) in [6, 6.07) is 8.42. The molecule has 0 amide bonds. The molecule has 0 unspecified atom stereocenters. The van der Waals surface area contributed by atoms with Crippen LogP contribution in [-0.2, 0) is 6.54 Å². The summed E-state index contributed by atoms with van der Waals surface area (Å²) in [6.07, 6.45) is 1.67. The maximum absolute atomic E-state index is 13.2. The number of aromatic nitrogens is 1. The molecule has 2 rings (SSSR count). The summed E-state index contributed by atoms with van der Waals surface area (Å²) in [4.78, 5) is 4.08. The van der Waals surface area contributed by atoms with Crippen LogP contribution < -0.4 is 10.1 Å². The molecule has 0 aliphatic carbocycles. The average Bonchev–Trinajstić information content (AvgIpc) is 2.36. The van der Waals surface area contributed by atoms with Crippen LogP contribution in [0.25, 0.3) is 0 Å². The fourth-order valence-corrected chi connectivity index (χ4v) is 2.04. The monoisotopic (exact) mass is 310 g/mol. The number of hydrogen-bond donors (Lipinski definition) is 1. The SMILES string of the molecule is COc1ccc(NCc2cc(F)cc(Br)c2)cn1. The predicted octanol–water partition coefficient (Wildman–Crippen LogP) is 3.60. The zero-order valence-electron chi connectivity index (χ0n) is 9.78. The summed E-state index contributed by atoms with van der Waals surface area (Å²) in [6.45, 7) is 0.532. The number of halogens is 2. The largest absolute Gasteiger partial charge is 0.481 e. The lowest BCUT2D eigenvalue weighted by atomic mass is 10.2. The standard InChI is InChI=1S/C13H12BrFN2O/c1-18-13-3-2-12(8-17-13)16-7-9-4-10(14)6-11(15)5-9/h2-6,8,16H,7H2,1H3. The van der Waals surface area contributed by atoms with E-state index in [9.17, 15) is 4.39 Å². The molecule has 18 heavy (non-hydrogen) atoms. The molecule has 1 aromatic heterocycles. The molecule has 0 spiro atoms. The highest BCUT2D eigenvalue weighted by Gasteiger charge is 2.00. The molecule has 0 aliphatic heterocycles. The van der Waals surface area contributed by atoms with Crippen molar-refractivity contribution in [3.05, 3.63) is 52.4 Å². The van der Waals surface area contributed by atoms with Gasteiger partial charge in [0.1, 0.15) is 5.82 Å². The van der Waals surface area contributed by atoms with Crippen molar-refractivity contribution in [3.63, 3.8) is 0 Å². The van der Waals surface area contributed by atoms with E-state index in [1.165, 1.54) is 12.1 Å². The zero-order valence-corrected chi connectivity index (χ0v) is 11.4. The van der Waals surface area contributed by atoms with E-state index < -0.39 is 0 Å². The molecule has 0 saturated carbocycles. The molecule has 0 fully saturated rings. The Kier molecular flexibility index (Phi) is 4.15. The van der Waals surface area contributed by atoms with Crippen molar-refractivity contribution in [1.29, 1.82) is 0 Å². The van der Waals surface area contributed by atoms with Crippen molar-refractivity contribution in [2.75, 3.05) is 12.4 Å². The molecule has 2 aromatic rings. The third kappa shape index (κ3) is 3.43. The van der Waals surface area contributed by atoms with E-state index in [1.54, 1.807) is 19.4 Å². The minimum Gasteiger partial charge on any atom is -0.481 e. The molecule has 0 radical (unpaired) electrons. The molecule has 1 aromatic carbocycles. The van der Waals surface area contributed by atoms with Gasteiger partial charge in [-0.15, -0.1) is 0 Å². The first-order valence-electron chi connectivity index (χ1n) is 5.36. The Labute approximate surface area is 113 Å². The summed E-state index contributed by atoms with van der Waals surface area (Å²) in [7, 11) is 1.57. The van der Waals surface area contributed by atoms with Gasteiger partial charge in [-0.25, -0.2) is 9.37 Å². The molecule has 5 heteroatoms. The van der Waals surface area contributed by atoms with Crippen molar-refractivity contribution >= 4 is 21.6 Å². The van der Waals surface area contributed by atoms with Crippen molar-refractivity contribution in [2.45, 2.75) is 6.54 Å². The highest BCUT2D eigenvalue weighted by atomic mass is 79.9. The number of ether oxygens (including phenoxy) is 1. The number of benzene rings is 1. The second-order valence-corrected chi connectivity index (χ2v) is 4.64. The minimum atomic E-state index is -0.256. The molecule has 94 valence electrons. The van der Waals surface area contributed by atoms with Crippen molar-refractivity contribution in [1.82, 2.24) is 4.98 Å². The normalized spacial score (nSPS) is 10.2. The van der Waals surface area contributed by atoms with Crippen LogP contribution in [0.15, 0.2) is 41.0 Å². The average molecular weight is 311 g/mol. The summed E-state index contributed by atoms with van der Waals surface area (Å²) < 4.78 is 18.9. The Hall–Kier alpha value is -1.62. The minimum absolute atomic E-state index is 0.256. The van der Waals surface area contributed by atoms with E-state index in [0.29, 0.717) is 12.4 Å². The number of pyridine rings is 1. The third-order valence-electron chi connectivity index (χ3n) is 2.36. The molecule has 0 bridgehead atoms. The van der Waals surface area contributed by atoms with E-state index in [2.05, 4.69) is 26.2 Å². The van der Waals surface area contributed by atoms with Crippen LogP contribution in [0.4, 0.5) is 10.1 Å². The summed E-state index contributed by atoms with van der Waals surface area (Å²) in [5.74, 6) is 0.308. The van der Waals surface area contributed by atoms with E-state index in [-0.39, 0.29) is 5.82 Å². The second-order valence-electron chi connectivity index (χ2n) is 3.72. The number of nitrogens with one attached hydrogen (secondary N) is 1. The van der Waals surface area contributed by atoms with Gasteiger partial charge in [0.25, 0.3) is 0 Å². The zero-order chi connectivity index (χ0) is 13.0. The fourth-order valence-electron chi connectivity index (χ4n) is 1.52. The van der Waals surface area contributed by atoms with Gasteiger partial charge in [-0.3, -0.25) is 0 Å². The maximum atomic E-state index is 13.2. The van der Waals surface area contributed by atoms with Gasteiger partial charge in [-0.2, -0.15) is 0 Å². The fraction of sp³-hybridized carbons (Fsp3) is 0.154. The summed E-state index contributed by atoms with van der Waals surface area (Å²) in [5, 5.41) is 3.16. The molecule has 1 heterocycles. The van der Waals surface area contributed by atoms with Gasteiger partial charge in [-0.1, -0.05) is 15.9 Å². The lowest BCUT2D eigenvalue weighted by Crippen LogP contribution is -2.00. The van der Waals surface area contributed by atoms with Crippen LogP contribution in [0, 0.1) is 5.82 Å². The van der Waals surface area contributed by atoms with Gasteiger partial charge in [0, 0.05) is 17.1 Å². The van der Waals surface area contributed by atoms with Gasteiger partial charge >= 0.3 is 0 Å². The van der Waals surface area contributed by atoms with Gasteiger partial charge < -0.3 is 10.1 Å². The molecule has 1 N–H and O–H groups in total. The Balaban J connectivity index is 2.01. The Morgan fingerprint density at radius 2 is 2.17 bits per heavy atom.